The fraction of sp³-hybridized carbons (Fsp3) is 0.226. The molecule has 0 bridgehead atoms. The van der Waals surface area contributed by atoms with Gasteiger partial charge in [-0.05, 0) is 83.2 Å². The van der Waals surface area contributed by atoms with Gasteiger partial charge in [0.1, 0.15) is 12.4 Å². The number of ether oxygens (including phenoxy) is 1. The molecule has 1 aliphatic heterocycles. The Hall–Kier alpha value is -3.77. The Morgan fingerprint density at radius 2 is 1.76 bits per heavy atom. The van der Waals surface area contributed by atoms with Crippen LogP contribution in [0.5, 0.6) is 5.75 Å². The van der Waals surface area contributed by atoms with Crippen LogP contribution in [-0.2, 0) is 32.3 Å². The van der Waals surface area contributed by atoms with Crippen LogP contribution in [0.25, 0.3) is 21.7 Å². The first-order chi connectivity index (χ1) is 17.9. The average Bonchev–Trinajstić information content (AvgIpc) is 3.20. The van der Waals surface area contributed by atoms with Crippen molar-refractivity contribution in [1.82, 2.24) is 9.88 Å². The van der Waals surface area contributed by atoms with E-state index in [0.29, 0.717) is 11.3 Å². The zero-order valence-electron chi connectivity index (χ0n) is 20.5. The molecule has 0 atom stereocenters. The van der Waals surface area contributed by atoms with Crippen molar-refractivity contribution in [1.29, 1.82) is 0 Å². The third kappa shape index (κ3) is 4.46. The zero-order valence-corrected chi connectivity index (χ0v) is 20.5. The molecule has 0 fully saturated rings. The quantitative estimate of drug-likeness (QED) is 0.272. The second-order valence-corrected chi connectivity index (χ2v) is 9.67. The largest absolute Gasteiger partial charge is 0.489 e. The minimum absolute atomic E-state index is 0.0861. The topological polar surface area (TPSA) is 26.2 Å². The van der Waals surface area contributed by atoms with E-state index < -0.39 is 11.7 Å². The van der Waals surface area contributed by atoms with E-state index in [-0.39, 0.29) is 12.2 Å². The minimum atomic E-state index is -4.37. The summed E-state index contributed by atoms with van der Waals surface area (Å²) in [7, 11) is 0. The van der Waals surface area contributed by atoms with Crippen LogP contribution in [-0.4, -0.2) is 11.1 Å². The van der Waals surface area contributed by atoms with Crippen molar-refractivity contribution in [3.05, 3.63) is 112 Å². The molecule has 0 saturated heterocycles. The van der Waals surface area contributed by atoms with Crippen molar-refractivity contribution in [2.24, 2.45) is 0 Å². The smallest absolute Gasteiger partial charge is 0.416 e. The predicted octanol–water partition coefficient (Wildman–Crippen LogP) is 7.39. The van der Waals surface area contributed by atoms with E-state index >= 15 is 0 Å². The minimum Gasteiger partial charge on any atom is -0.489 e. The second-order valence-electron chi connectivity index (χ2n) is 9.67. The third-order valence-electron chi connectivity index (χ3n) is 7.40. The summed E-state index contributed by atoms with van der Waals surface area (Å²) in [6, 6.07) is 25.3. The number of nitrogens with one attached hydrogen (secondary N) is 1. The van der Waals surface area contributed by atoms with E-state index in [1.807, 2.05) is 12.1 Å². The number of aromatic nitrogens is 1. The number of nitrogens with zero attached hydrogens (tertiary/aromatic N) is 1. The van der Waals surface area contributed by atoms with Gasteiger partial charge in [-0.1, -0.05) is 48.5 Å². The summed E-state index contributed by atoms with van der Waals surface area (Å²) in [5.74, 6) is 0.661. The highest BCUT2D eigenvalue weighted by atomic mass is 19.4. The standard InChI is InChI=1S/C31H27F3N2O/c1-20-24(7-4-8-28(20)31(32,33)34)19-37-25-11-12-29-27(16-25)26-13-14-35-17-30(26)36(29)18-21-9-10-22-5-2-3-6-23(22)15-21/h2-12,15-16,35H,13-14,17-19H2,1H3. The molecule has 0 radical (unpaired) electrons. The molecule has 3 nitrogen and oxygen atoms in total. The number of alkyl halides is 3. The first kappa shape index (κ1) is 23.6. The molecule has 0 spiro atoms. The molecule has 2 heterocycles. The lowest BCUT2D eigenvalue weighted by Gasteiger charge is -2.17. The summed E-state index contributed by atoms with van der Waals surface area (Å²) in [6.07, 6.45) is -3.45. The van der Waals surface area contributed by atoms with Gasteiger partial charge in [-0.2, -0.15) is 13.2 Å². The van der Waals surface area contributed by atoms with Crippen LogP contribution in [0.1, 0.15) is 33.5 Å². The van der Waals surface area contributed by atoms with Crippen molar-refractivity contribution < 1.29 is 17.9 Å². The maximum atomic E-state index is 13.3. The number of halogens is 3. The molecule has 37 heavy (non-hydrogen) atoms. The molecule has 1 aromatic heterocycles. The number of rotatable bonds is 5. The number of fused-ring (bicyclic) bond motifs is 4. The van der Waals surface area contributed by atoms with Crippen molar-refractivity contribution in [2.45, 2.75) is 39.2 Å². The van der Waals surface area contributed by atoms with E-state index in [2.05, 4.69) is 58.4 Å². The molecule has 6 heteroatoms. The second kappa shape index (κ2) is 9.27. The van der Waals surface area contributed by atoms with Crippen molar-refractivity contribution in [3.63, 3.8) is 0 Å². The van der Waals surface area contributed by atoms with Crippen LogP contribution in [0.4, 0.5) is 13.2 Å². The fourth-order valence-corrected chi connectivity index (χ4v) is 5.46. The lowest BCUT2D eigenvalue weighted by atomic mass is 10.0. The lowest BCUT2D eigenvalue weighted by molar-refractivity contribution is -0.138. The van der Waals surface area contributed by atoms with Gasteiger partial charge >= 0.3 is 6.18 Å². The molecule has 0 amide bonds. The van der Waals surface area contributed by atoms with Crippen LogP contribution < -0.4 is 10.1 Å². The first-order valence-electron chi connectivity index (χ1n) is 12.5. The van der Waals surface area contributed by atoms with Crippen LogP contribution in [0.3, 0.4) is 0 Å². The molecular weight excluding hydrogens is 473 g/mol. The summed E-state index contributed by atoms with van der Waals surface area (Å²) in [5.41, 5.74) is 5.11. The molecule has 0 unspecified atom stereocenters. The van der Waals surface area contributed by atoms with Gasteiger partial charge in [0, 0.05) is 29.7 Å². The monoisotopic (exact) mass is 500 g/mol. The van der Waals surface area contributed by atoms with Crippen LogP contribution in [0, 0.1) is 6.92 Å². The molecule has 0 saturated carbocycles. The Balaban J connectivity index is 1.32. The first-order valence-corrected chi connectivity index (χ1v) is 12.5. The Labute approximate surface area is 213 Å². The molecule has 4 aromatic carbocycles. The van der Waals surface area contributed by atoms with Gasteiger partial charge in [0.15, 0.2) is 0 Å². The van der Waals surface area contributed by atoms with E-state index in [0.717, 1.165) is 43.0 Å². The summed E-state index contributed by atoms with van der Waals surface area (Å²) >= 11 is 0. The molecule has 1 N–H and O–H groups in total. The molecular formula is C31H27F3N2O. The Morgan fingerprint density at radius 3 is 2.59 bits per heavy atom. The maximum absolute atomic E-state index is 13.3. The van der Waals surface area contributed by atoms with E-state index in [4.69, 9.17) is 4.74 Å². The zero-order chi connectivity index (χ0) is 25.6. The van der Waals surface area contributed by atoms with Gasteiger partial charge < -0.3 is 14.6 Å². The molecule has 5 aromatic rings. The SMILES string of the molecule is Cc1c(COc2ccc3c(c2)c2c(n3Cc3ccc4ccccc4c3)CNCC2)cccc1C(F)(F)F. The van der Waals surface area contributed by atoms with Gasteiger partial charge in [0.25, 0.3) is 0 Å². The Morgan fingerprint density at radius 1 is 0.919 bits per heavy atom. The molecule has 0 aliphatic carbocycles. The lowest BCUT2D eigenvalue weighted by Crippen LogP contribution is -2.25. The summed E-state index contributed by atoms with van der Waals surface area (Å²) in [5, 5.41) is 7.10. The van der Waals surface area contributed by atoms with Gasteiger partial charge in [-0.15, -0.1) is 0 Å². The highest BCUT2D eigenvalue weighted by Crippen LogP contribution is 2.35. The maximum Gasteiger partial charge on any atom is 0.416 e. The van der Waals surface area contributed by atoms with E-state index in [1.165, 1.54) is 40.6 Å². The fourth-order valence-electron chi connectivity index (χ4n) is 5.46. The van der Waals surface area contributed by atoms with E-state index in [9.17, 15) is 13.2 Å². The Bertz CT molecular complexity index is 1620. The van der Waals surface area contributed by atoms with Gasteiger partial charge in [-0.25, -0.2) is 0 Å². The van der Waals surface area contributed by atoms with Crippen molar-refractivity contribution in [3.8, 4) is 5.75 Å². The molecule has 1 aliphatic rings. The van der Waals surface area contributed by atoms with Crippen LogP contribution >= 0.6 is 0 Å². The van der Waals surface area contributed by atoms with Crippen molar-refractivity contribution >= 4 is 21.7 Å². The van der Waals surface area contributed by atoms with Crippen LogP contribution in [0.2, 0.25) is 0 Å². The third-order valence-corrected chi connectivity index (χ3v) is 7.40. The molecule has 6 rings (SSSR count). The summed E-state index contributed by atoms with van der Waals surface area (Å²) < 4.78 is 48.3. The normalized spacial score (nSPS) is 13.7. The summed E-state index contributed by atoms with van der Waals surface area (Å²) in [4.78, 5) is 0. The highest BCUT2D eigenvalue weighted by Gasteiger charge is 2.32. The number of hydrogen-bond donors (Lipinski definition) is 1. The van der Waals surface area contributed by atoms with Gasteiger partial charge in [-0.3, -0.25) is 0 Å². The highest BCUT2D eigenvalue weighted by molar-refractivity contribution is 5.88. The number of hydrogen-bond acceptors (Lipinski definition) is 2. The number of benzene rings is 4. The van der Waals surface area contributed by atoms with Crippen molar-refractivity contribution in [2.75, 3.05) is 6.54 Å². The Kier molecular flexibility index (Phi) is 5.92. The van der Waals surface area contributed by atoms with E-state index in [1.54, 1.807) is 6.07 Å². The van der Waals surface area contributed by atoms with Gasteiger partial charge in [0.2, 0.25) is 0 Å². The average molecular weight is 501 g/mol. The summed E-state index contributed by atoms with van der Waals surface area (Å²) in [6.45, 7) is 4.07. The van der Waals surface area contributed by atoms with Crippen LogP contribution in [0.15, 0.2) is 78.9 Å². The molecule has 188 valence electrons. The van der Waals surface area contributed by atoms with Gasteiger partial charge in [0.05, 0.1) is 5.56 Å². The predicted molar refractivity (Wildman–Crippen MR) is 141 cm³/mol.